The molecule has 8 rings (SSSR count). The molecule has 1 saturated carbocycles. The third-order valence-corrected chi connectivity index (χ3v) is 12.7. The van der Waals surface area contributed by atoms with Gasteiger partial charge >= 0.3 is 6.09 Å². The van der Waals surface area contributed by atoms with Gasteiger partial charge in [-0.3, -0.25) is 14.5 Å². The summed E-state index contributed by atoms with van der Waals surface area (Å²) in [5.74, 6) is 0.634. The van der Waals surface area contributed by atoms with Crippen LogP contribution in [0.15, 0.2) is 48.8 Å². The minimum atomic E-state index is -0.707. The molecule has 2 aromatic carbocycles. The zero-order valence-electron chi connectivity index (χ0n) is 35.0. The summed E-state index contributed by atoms with van der Waals surface area (Å²) in [4.78, 5) is 57.4. The number of piperidine rings is 1. The lowest BCUT2D eigenvalue weighted by Gasteiger charge is -2.46. The Morgan fingerprint density at radius 3 is 2.35 bits per heavy atom. The number of nitrogens with zero attached hydrogens (tertiary/aromatic N) is 6. The van der Waals surface area contributed by atoms with Gasteiger partial charge in [-0.15, -0.1) is 0 Å². The Hall–Kier alpha value is -4.97. The number of ether oxygens (including phenoxy) is 1. The number of hydrogen-bond acceptors (Lipinski definition) is 8. The number of likely N-dealkylation sites (tertiary alicyclic amines) is 2. The van der Waals surface area contributed by atoms with Crippen molar-refractivity contribution in [2.24, 2.45) is 5.41 Å². The van der Waals surface area contributed by atoms with Gasteiger partial charge in [0.2, 0.25) is 5.91 Å². The van der Waals surface area contributed by atoms with Gasteiger partial charge in [0.1, 0.15) is 11.1 Å². The van der Waals surface area contributed by atoms with Crippen molar-refractivity contribution in [1.82, 2.24) is 29.7 Å². The van der Waals surface area contributed by atoms with E-state index in [0.29, 0.717) is 48.8 Å². The number of imidazole rings is 1. The Labute approximate surface area is 336 Å². The molecule has 0 radical (unpaired) electrons. The molecule has 1 aliphatic carbocycles. The Bertz CT molecular complexity index is 2240. The molecule has 3 fully saturated rings. The quantitative estimate of drug-likeness (QED) is 0.194. The topological polar surface area (TPSA) is 125 Å². The van der Waals surface area contributed by atoms with E-state index in [-0.39, 0.29) is 30.0 Å². The van der Waals surface area contributed by atoms with Crippen molar-refractivity contribution in [2.75, 3.05) is 43.4 Å². The summed E-state index contributed by atoms with van der Waals surface area (Å²) < 4.78 is 7.82. The Morgan fingerprint density at radius 2 is 1.70 bits per heavy atom. The second kappa shape index (κ2) is 14.1. The number of aryl methyl sites for hydroxylation is 1. The Morgan fingerprint density at radius 1 is 0.965 bits per heavy atom. The van der Waals surface area contributed by atoms with Crippen LogP contribution < -0.4 is 15.5 Å². The SMILES string of the molecule is CNC(=O)c1cc(Nc2nc(-c3ccc4c(c3)N(C3CC(N5CCC(C)(C)C5)C3)C(=O)C43CCN(C(=O)OC(C)(C)C)CC3)cc3ncn(C(C)C)c23)ccc1C. The molecule has 57 heavy (non-hydrogen) atoms. The van der Waals surface area contributed by atoms with Crippen molar-refractivity contribution in [2.45, 2.75) is 117 Å². The summed E-state index contributed by atoms with van der Waals surface area (Å²) in [7, 11) is 1.63. The first-order valence-electron chi connectivity index (χ1n) is 20.6. The molecule has 3 amide bonds. The standard InChI is InChI=1S/C45H58N8O4/c1-27(2)52-26-47-36-24-35(49-39(38(36)52)48-30-12-10-28(3)33(21-30)40(54)46-9)29-11-13-34-37(20-29)53(32-22-31(23-32)51-17-14-44(7,8)25-51)41(55)45(34)15-18-50(19-16-45)42(56)57-43(4,5)6/h10-13,20-21,24,26-27,31-32H,14-19,22-23,25H2,1-9H3,(H,46,54)(H,48,49). The van der Waals surface area contributed by atoms with Crippen LogP contribution in [0.5, 0.6) is 0 Å². The van der Waals surface area contributed by atoms with E-state index < -0.39 is 11.0 Å². The highest BCUT2D eigenvalue weighted by Gasteiger charge is 2.56. The lowest BCUT2D eigenvalue weighted by Crippen LogP contribution is -2.58. The van der Waals surface area contributed by atoms with E-state index in [0.717, 1.165) is 70.7 Å². The van der Waals surface area contributed by atoms with Crippen molar-refractivity contribution in [3.8, 4) is 11.3 Å². The number of anilines is 3. The van der Waals surface area contributed by atoms with E-state index in [1.807, 2.05) is 58.3 Å². The molecule has 5 heterocycles. The highest BCUT2D eigenvalue weighted by molar-refractivity contribution is 6.09. The molecule has 3 aliphatic heterocycles. The van der Waals surface area contributed by atoms with Crippen LogP contribution in [0.1, 0.15) is 108 Å². The fourth-order valence-corrected chi connectivity index (χ4v) is 9.43. The van der Waals surface area contributed by atoms with Crippen molar-refractivity contribution < 1.29 is 19.1 Å². The number of rotatable bonds is 7. The van der Waals surface area contributed by atoms with Crippen molar-refractivity contribution in [1.29, 1.82) is 0 Å². The molecule has 2 aromatic heterocycles. The number of nitrogens with one attached hydrogen (secondary N) is 2. The first kappa shape index (κ1) is 38.9. The molecule has 2 saturated heterocycles. The van der Waals surface area contributed by atoms with Crippen LogP contribution in [0, 0.1) is 12.3 Å². The number of carbonyl (C=O) groups excluding carboxylic acids is 3. The van der Waals surface area contributed by atoms with E-state index in [1.165, 1.54) is 6.42 Å². The first-order chi connectivity index (χ1) is 27.0. The molecule has 12 heteroatoms. The first-order valence-corrected chi connectivity index (χ1v) is 20.6. The van der Waals surface area contributed by atoms with Gasteiger partial charge < -0.3 is 29.7 Å². The lowest BCUT2D eigenvalue weighted by atomic mass is 9.73. The van der Waals surface area contributed by atoms with Crippen molar-refractivity contribution in [3.63, 3.8) is 0 Å². The summed E-state index contributed by atoms with van der Waals surface area (Å²) >= 11 is 0. The Balaban J connectivity index is 1.16. The summed E-state index contributed by atoms with van der Waals surface area (Å²) in [6.45, 7) is 19.6. The van der Waals surface area contributed by atoms with Crippen molar-refractivity contribution in [3.05, 3.63) is 65.5 Å². The molecule has 4 aliphatic rings. The molecule has 0 bridgehead atoms. The minimum Gasteiger partial charge on any atom is -0.444 e. The second-order valence-corrected chi connectivity index (χ2v) is 18.8. The predicted octanol–water partition coefficient (Wildman–Crippen LogP) is 7.97. The molecule has 4 aromatic rings. The third kappa shape index (κ3) is 7.04. The third-order valence-electron chi connectivity index (χ3n) is 12.7. The highest BCUT2D eigenvalue weighted by atomic mass is 16.6. The summed E-state index contributed by atoms with van der Waals surface area (Å²) in [6.07, 6.45) is 5.71. The maximum Gasteiger partial charge on any atom is 0.410 e. The number of aromatic nitrogens is 3. The van der Waals surface area contributed by atoms with Crippen LogP contribution in [-0.4, -0.2) is 93.2 Å². The second-order valence-electron chi connectivity index (χ2n) is 18.8. The predicted molar refractivity (Wildman–Crippen MR) is 224 cm³/mol. The summed E-state index contributed by atoms with van der Waals surface area (Å²) in [5.41, 5.74) is 6.52. The smallest absolute Gasteiger partial charge is 0.410 e. The van der Waals surface area contributed by atoms with Gasteiger partial charge in [0.05, 0.1) is 23.0 Å². The Kier molecular flexibility index (Phi) is 9.65. The van der Waals surface area contributed by atoms with Crippen LogP contribution in [0.25, 0.3) is 22.3 Å². The van der Waals surface area contributed by atoms with Crippen molar-refractivity contribution >= 4 is 46.1 Å². The maximum atomic E-state index is 15.0. The molecule has 1 spiro atoms. The molecule has 0 atom stereocenters. The molecule has 2 N–H and O–H groups in total. The molecule has 0 unspecified atom stereocenters. The van der Waals surface area contributed by atoms with Gasteiger partial charge in [-0.1, -0.05) is 32.0 Å². The number of fused-ring (bicyclic) bond motifs is 3. The van der Waals surface area contributed by atoms with Gasteiger partial charge in [0, 0.05) is 67.3 Å². The number of hydrogen-bond donors (Lipinski definition) is 2. The van der Waals surface area contributed by atoms with Crippen LogP contribution >= 0.6 is 0 Å². The molecule has 12 nitrogen and oxygen atoms in total. The molecular formula is C45H58N8O4. The number of benzene rings is 2. The van der Waals surface area contributed by atoms with E-state index >= 15 is 0 Å². The van der Waals surface area contributed by atoms with Crippen LogP contribution in [0.3, 0.4) is 0 Å². The summed E-state index contributed by atoms with van der Waals surface area (Å²) in [5, 5.41) is 6.28. The van der Waals surface area contributed by atoms with E-state index in [9.17, 15) is 14.4 Å². The van der Waals surface area contributed by atoms with Gasteiger partial charge in [-0.25, -0.2) is 14.8 Å². The minimum absolute atomic E-state index is 0.105. The normalized spacial score (nSPS) is 21.6. The average molecular weight is 775 g/mol. The maximum absolute atomic E-state index is 15.0. The molecular weight excluding hydrogens is 717 g/mol. The monoisotopic (exact) mass is 774 g/mol. The van der Waals surface area contributed by atoms with Crippen LogP contribution in [-0.2, 0) is 14.9 Å². The van der Waals surface area contributed by atoms with Crippen LogP contribution in [0.2, 0.25) is 0 Å². The fraction of sp³-hybridized carbons (Fsp3) is 0.533. The van der Waals surface area contributed by atoms with Gasteiger partial charge in [-0.2, -0.15) is 0 Å². The number of amides is 3. The zero-order valence-corrected chi connectivity index (χ0v) is 35.0. The van der Waals surface area contributed by atoms with E-state index in [4.69, 9.17) is 14.7 Å². The number of carbonyl (C=O) groups is 3. The zero-order chi connectivity index (χ0) is 40.6. The number of pyridine rings is 1. The van der Waals surface area contributed by atoms with E-state index in [1.54, 1.807) is 11.9 Å². The van der Waals surface area contributed by atoms with Gasteiger partial charge in [0.15, 0.2) is 5.82 Å². The van der Waals surface area contributed by atoms with Gasteiger partial charge in [-0.05, 0) is 121 Å². The fourth-order valence-electron chi connectivity index (χ4n) is 9.43. The van der Waals surface area contributed by atoms with Gasteiger partial charge in [0.25, 0.3) is 5.91 Å². The summed E-state index contributed by atoms with van der Waals surface area (Å²) in [6, 6.07) is 14.9. The largest absolute Gasteiger partial charge is 0.444 e. The highest BCUT2D eigenvalue weighted by Crippen LogP contribution is 2.52. The lowest BCUT2D eigenvalue weighted by molar-refractivity contribution is -0.126. The van der Waals surface area contributed by atoms with E-state index in [2.05, 4.69) is 70.9 Å². The van der Waals surface area contributed by atoms with Crippen LogP contribution in [0.4, 0.5) is 22.0 Å². The average Bonchev–Trinajstić information content (AvgIpc) is 3.80. The molecule has 302 valence electrons.